The Hall–Kier alpha value is -2.74. The third kappa shape index (κ3) is 4.89. The monoisotopic (exact) mass is 321 g/mol. The fourth-order valence-corrected chi connectivity index (χ4v) is 1.76. The van der Waals surface area contributed by atoms with Crippen molar-refractivity contribution in [3.8, 4) is 5.88 Å². The number of aliphatic carboxylic acids is 1. The maximum absolute atomic E-state index is 13.2. The van der Waals surface area contributed by atoms with Gasteiger partial charge in [-0.1, -0.05) is 30.3 Å². The van der Waals surface area contributed by atoms with Gasteiger partial charge >= 0.3 is 5.97 Å². The second-order valence-electron chi connectivity index (χ2n) is 4.59. The van der Waals surface area contributed by atoms with E-state index >= 15 is 0 Å². The topological polar surface area (TPSA) is 93.6 Å². The molecule has 7 nitrogen and oxygen atoms in total. The molecule has 0 saturated carbocycles. The van der Waals surface area contributed by atoms with Gasteiger partial charge in [0.2, 0.25) is 11.8 Å². The highest BCUT2D eigenvalue weighted by molar-refractivity contribution is 5.76. The summed E-state index contributed by atoms with van der Waals surface area (Å²) in [5, 5.41) is 11.8. The zero-order valence-corrected chi connectivity index (χ0v) is 12.4. The Balaban J connectivity index is 1.95. The lowest BCUT2D eigenvalue weighted by Gasteiger charge is -2.15. The van der Waals surface area contributed by atoms with Crippen molar-refractivity contribution in [1.29, 1.82) is 0 Å². The van der Waals surface area contributed by atoms with Crippen LogP contribution in [-0.2, 0) is 16.1 Å². The third-order valence-corrected chi connectivity index (χ3v) is 2.90. The first kappa shape index (κ1) is 16.6. The predicted molar refractivity (Wildman–Crippen MR) is 79.7 cm³/mol. The molecule has 0 radical (unpaired) electrons. The van der Waals surface area contributed by atoms with Crippen molar-refractivity contribution in [2.24, 2.45) is 0 Å². The van der Waals surface area contributed by atoms with Crippen LogP contribution >= 0.6 is 0 Å². The number of benzene rings is 1. The van der Waals surface area contributed by atoms with Crippen molar-refractivity contribution in [2.75, 3.05) is 19.0 Å². The number of halogens is 1. The Morgan fingerprint density at radius 3 is 2.78 bits per heavy atom. The molecule has 2 rings (SSSR count). The van der Waals surface area contributed by atoms with Crippen molar-refractivity contribution >= 4 is 11.9 Å². The van der Waals surface area contributed by atoms with Gasteiger partial charge in [0.05, 0.1) is 26.5 Å². The first-order valence-corrected chi connectivity index (χ1v) is 6.77. The van der Waals surface area contributed by atoms with Gasteiger partial charge < -0.3 is 19.9 Å². The molecule has 2 aromatic rings. The molecule has 0 bridgehead atoms. The molecule has 0 aliphatic carbocycles. The van der Waals surface area contributed by atoms with E-state index in [0.717, 1.165) is 11.8 Å². The summed E-state index contributed by atoms with van der Waals surface area (Å²) in [4.78, 5) is 18.7. The van der Waals surface area contributed by atoms with Gasteiger partial charge in [-0.25, -0.2) is 9.78 Å². The van der Waals surface area contributed by atoms with Crippen LogP contribution in [0.4, 0.5) is 10.3 Å². The number of rotatable bonds is 8. The standard InChI is InChI=1S/C15H16FN3O4/c1-22-13-11(16)7-17-15(19-13)18-12(14(20)21)9-23-8-10-5-3-2-4-6-10/h2-7,12H,8-9H2,1H3,(H,20,21)(H,17,18,19)/t12-/m0/s1. The fraction of sp³-hybridized carbons (Fsp3) is 0.267. The molecule has 122 valence electrons. The molecule has 1 atom stereocenters. The van der Waals surface area contributed by atoms with E-state index in [0.29, 0.717) is 0 Å². The summed E-state index contributed by atoms with van der Waals surface area (Å²) in [5.41, 5.74) is 0.927. The maximum Gasteiger partial charge on any atom is 0.328 e. The van der Waals surface area contributed by atoms with Gasteiger partial charge in [-0.3, -0.25) is 0 Å². The number of methoxy groups -OCH3 is 1. The number of carboxylic acid groups (broad SMARTS) is 1. The summed E-state index contributed by atoms with van der Waals surface area (Å²) in [6, 6.07) is 8.28. The van der Waals surface area contributed by atoms with Crippen molar-refractivity contribution in [2.45, 2.75) is 12.6 Å². The molecule has 0 aliphatic heterocycles. The molecule has 8 heteroatoms. The average Bonchev–Trinajstić information content (AvgIpc) is 2.56. The predicted octanol–water partition coefficient (Wildman–Crippen LogP) is 1.71. The summed E-state index contributed by atoms with van der Waals surface area (Å²) in [5.74, 6) is -2.19. The van der Waals surface area contributed by atoms with Crippen LogP contribution in [0.1, 0.15) is 5.56 Å². The van der Waals surface area contributed by atoms with Crippen LogP contribution in [0.5, 0.6) is 5.88 Å². The second-order valence-corrected chi connectivity index (χ2v) is 4.59. The molecule has 0 amide bonds. The lowest BCUT2D eigenvalue weighted by molar-refractivity contribution is -0.139. The Morgan fingerprint density at radius 2 is 2.13 bits per heavy atom. The summed E-state index contributed by atoms with van der Waals surface area (Å²) in [7, 11) is 1.26. The molecule has 1 aromatic heterocycles. The van der Waals surface area contributed by atoms with Crippen LogP contribution in [0.25, 0.3) is 0 Å². The molecule has 1 aromatic carbocycles. The van der Waals surface area contributed by atoms with Gasteiger partial charge in [0, 0.05) is 0 Å². The molecular weight excluding hydrogens is 305 g/mol. The van der Waals surface area contributed by atoms with Gasteiger partial charge in [0.15, 0.2) is 6.04 Å². The first-order chi connectivity index (χ1) is 11.1. The molecule has 0 fully saturated rings. The summed E-state index contributed by atoms with van der Waals surface area (Å²) >= 11 is 0. The van der Waals surface area contributed by atoms with Gasteiger partial charge in [-0.2, -0.15) is 9.37 Å². The quantitative estimate of drug-likeness (QED) is 0.764. The van der Waals surface area contributed by atoms with Crippen molar-refractivity contribution < 1.29 is 23.8 Å². The largest absolute Gasteiger partial charge is 0.480 e. The number of hydrogen-bond donors (Lipinski definition) is 2. The highest BCUT2D eigenvalue weighted by atomic mass is 19.1. The van der Waals surface area contributed by atoms with Crippen LogP contribution in [0.15, 0.2) is 36.5 Å². The summed E-state index contributed by atoms with van der Waals surface area (Å²) in [6.45, 7) is 0.174. The Kier molecular flexibility index (Phi) is 5.81. The van der Waals surface area contributed by atoms with E-state index in [-0.39, 0.29) is 25.0 Å². The zero-order valence-electron chi connectivity index (χ0n) is 12.4. The van der Waals surface area contributed by atoms with E-state index < -0.39 is 17.8 Å². The number of ether oxygens (including phenoxy) is 2. The molecule has 23 heavy (non-hydrogen) atoms. The number of aromatic nitrogens is 2. The van der Waals surface area contributed by atoms with Gasteiger partial charge in [0.1, 0.15) is 0 Å². The Bertz CT molecular complexity index is 654. The zero-order chi connectivity index (χ0) is 16.7. The molecular formula is C15H16FN3O4. The molecule has 0 unspecified atom stereocenters. The minimum atomic E-state index is -1.13. The smallest absolute Gasteiger partial charge is 0.328 e. The van der Waals surface area contributed by atoms with Gasteiger partial charge in [-0.15, -0.1) is 0 Å². The lowest BCUT2D eigenvalue weighted by Crippen LogP contribution is -2.34. The molecule has 0 saturated heterocycles. The second kappa shape index (κ2) is 8.04. The Labute approximate surface area is 132 Å². The lowest BCUT2D eigenvalue weighted by atomic mass is 10.2. The van der Waals surface area contributed by atoms with Crippen LogP contribution in [0.2, 0.25) is 0 Å². The van der Waals surface area contributed by atoms with Crippen LogP contribution in [-0.4, -0.2) is 40.8 Å². The highest BCUT2D eigenvalue weighted by Crippen LogP contribution is 2.14. The molecule has 1 heterocycles. The van der Waals surface area contributed by atoms with Crippen molar-refractivity contribution in [1.82, 2.24) is 9.97 Å². The average molecular weight is 321 g/mol. The normalized spacial score (nSPS) is 11.7. The SMILES string of the molecule is COc1nc(N[C@@H](COCc2ccccc2)C(=O)O)ncc1F. The fourth-order valence-electron chi connectivity index (χ4n) is 1.76. The minimum Gasteiger partial charge on any atom is -0.480 e. The number of carboxylic acids is 1. The number of nitrogens with one attached hydrogen (secondary N) is 1. The summed E-state index contributed by atoms with van der Waals surface area (Å²) in [6.07, 6.45) is 0.901. The molecule has 0 aliphatic rings. The molecule has 2 N–H and O–H groups in total. The minimum absolute atomic E-state index is 0.0565. The van der Waals surface area contributed by atoms with Gasteiger partial charge in [-0.05, 0) is 5.56 Å². The van der Waals surface area contributed by atoms with Gasteiger partial charge in [0.25, 0.3) is 5.88 Å². The number of carbonyl (C=O) groups is 1. The number of nitrogens with zero attached hydrogens (tertiary/aromatic N) is 2. The van der Waals surface area contributed by atoms with E-state index in [1.807, 2.05) is 30.3 Å². The van der Waals surface area contributed by atoms with E-state index in [4.69, 9.17) is 9.47 Å². The van der Waals surface area contributed by atoms with Crippen molar-refractivity contribution in [3.05, 3.63) is 47.9 Å². The molecule has 0 spiro atoms. The maximum atomic E-state index is 13.2. The van der Waals surface area contributed by atoms with E-state index in [9.17, 15) is 14.3 Å². The van der Waals surface area contributed by atoms with Crippen LogP contribution < -0.4 is 10.1 Å². The van der Waals surface area contributed by atoms with Crippen LogP contribution in [0.3, 0.4) is 0 Å². The highest BCUT2D eigenvalue weighted by Gasteiger charge is 2.19. The van der Waals surface area contributed by atoms with E-state index in [1.54, 1.807) is 0 Å². The van der Waals surface area contributed by atoms with E-state index in [2.05, 4.69) is 15.3 Å². The van der Waals surface area contributed by atoms with Crippen LogP contribution in [0, 0.1) is 5.82 Å². The number of hydrogen-bond acceptors (Lipinski definition) is 6. The van der Waals surface area contributed by atoms with E-state index in [1.165, 1.54) is 7.11 Å². The first-order valence-electron chi connectivity index (χ1n) is 6.77. The van der Waals surface area contributed by atoms with Crippen molar-refractivity contribution in [3.63, 3.8) is 0 Å². The third-order valence-electron chi connectivity index (χ3n) is 2.90. The summed E-state index contributed by atoms with van der Waals surface area (Å²) < 4.78 is 23.4. The Morgan fingerprint density at radius 1 is 1.39 bits per heavy atom. The number of anilines is 1.